The molecule has 1 aromatic rings. The quantitative estimate of drug-likeness (QED) is 0.673. The van der Waals surface area contributed by atoms with Gasteiger partial charge >= 0.3 is 0 Å². The summed E-state index contributed by atoms with van der Waals surface area (Å²) >= 11 is 0. The molecule has 0 fully saturated rings. The first-order valence-corrected chi connectivity index (χ1v) is 7.21. The van der Waals surface area contributed by atoms with Crippen LogP contribution in [0.2, 0.25) is 0 Å². The van der Waals surface area contributed by atoms with Gasteiger partial charge in [-0.1, -0.05) is 18.2 Å². The zero-order valence-corrected chi connectivity index (χ0v) is 12.5. The van der Waals surface area contributed by atoms with Gasteiger partial charge in [0.2, 0.25) is 0 Å². The summed E-state index contributed by atoms with van der Waals surface area (Å²) in [4.78, 5) is 0. The molecule has 0 aliphatic heterocycles. The minimum atomic E-state index is 0.226. The molecule has 0 bridgehead atoms. The van der Waals surface area contributed by atoms with Crippen molar-refractivity contribution in [1.82, 2.24) is 10.6 Å². The normalized spacial score (nSPS) is 11.5. The highest BCUT2D eigenvalue weighted by atomic mass is 16.5. The Morgan fingerprint density at radius 1 is 0.947 bits per heavy atom. The summed E-state index contributed by atoms with van der Waals surface area (Å²) in [7, 11) is 0. The Morgan fingerprint density at radius 2 is 1.63 bits per heavy atom. The number of nitrogens with one attached hydrogen (secondary N) is 2. The van der Waals surface area contributed by atoms with Crippen molar-refractivity contribution in [2.24, 2.45) is 0 Å². The van der Waals surface area contributed by atoms with E-state index in [1.165, 1.54) is 0 Å². The Morgan fingerprint density at radius 3 is 2.32 bits per heavy atom. The van der Waals surface area contributed by atoms with Crippen molar-refractivity contribution in [2.75, 3.05) is 26.2 Å². The summed E-state index contributed by atoms with van der Waals surface area (Å²) in [5.74, 6) is 0.955. The summed E-state index contributed by atoms with van der Waals surface area (Å²) in [6.07, 6.45) is 2.21. The average Bonchev–Trinajstić information content (AvgIpc) is 2.37. The first kappa shape index (κ1) is 16.0. The SMILES string of the molecule is CC(C)(C)NCCCNCCCOc1ccccc1. The van der Waals surface area contributed by atoms with Crippen LogP contribution in [0.1, 0.15) is 33.6 Å². The maximum atomic E-state index is 5.63. The average molecular weight is 264 g/mol. The Kier molecular flexibility index (Phi) is 7.53. The van der Waals surface area contributed by atoms with Gasteiger partial charge in [-0.25, -0.2) is 0 Å². The number of hydrogen-bond donors (Lipinski definition) is 2. The van der Waals surface area contributed by atoms with Crippen molar-refractivity contribution in [3.63, 3.8) is 0 Å². The molecular formula is C16H28N2O. The summed E-state index contributed by atoms with van der Waals surface area (Å²) in [5, 5.41) is 6.92. The zero-order chi connectivity index (χ0) is 14.0. The van der Waals surface area contributed by atoms with Gasteiger partial charge in [0, 0.05) is 5.54 Å². The molecule has 2 N–H and O–H groups in total. The Balaban J connectivity index is 1.87. The molecule has 0 aliphatic rings. The van der Waals surface area contributed by atoms with E-state index in [0.717, 1.165) is 44.8 Å². The van der Waals surface area contributed by atoms with Crippen LogP contribution in [0.5, 0.6) is 5.75 Å². The molecule has 0 saturated carbocycles. The standard InChI is InChI=1S/C16H28N2O/c1-16(2,3)18-13-7-11-17-12-8-14-19-15-9-5-4-6-10-15/h4-6,9-10,17-18H,7-8,11-14H2,1-3H3. The third-order valence-electron chi connectivity index (χ3n) is 2.70. The molecule has 0 atom stereocenters. The lowest BCUT2D eigenvalue weighted by molar-refractivity contribution is 0.308. The van der Waals surface area contributed by atoms with Gasteiger partial charge in [0.1, 0.15) is 5.75 Å². The van der Waals surface area contributed by atoms with E-state index in [1.54, 1.807) is 0 Å². The molecule has 3 nitrogen and oxygen atoms in total. The van der Waals surface area contributed by atoms with Crippen LogP contribution in [-0.2, 0) is 0 Å². The van der Waals surface area contributed by atoms with Crippen molar-refractivity contribution in [1.29, 1.82) is 0 Å². The van der Waals surface area contributed by atoms with E-state index in [-0.39, 0.29) is 5.54 Å². The molecule has 0 heterocycles. The van der Waals surface area contributed by atoms with Crippen molar-refractivity contribution in [3.05, 3.63) is 30.3 Å². The predicted molar refractivity (Wildman–Crippen MR) is 81.8 cm³/mol. The third kappa shape index (κ3) is 9.51. The molecule has 108 valence electrons. The van der Waals surface area contributed by atoms with Gasteiger partial charge in [0.05, 0.1) is 6.61 Å². The minimum absolute atomic E-state index is 0.226. The number of hydrogen-bond acceptors (Lipinski definition) is 3. The van der Waals surface area contributed by atoms with Crippen LogP contribution in [-0.4, -0.2) is 31.8 Å². The van der Waals surface area contributed by atoms with Crippen LogP contribution in [0.3, 0.4) is 0 Å². The molecule has 0 unspecified atom stereocenters. The van der Waals surface area contributed by atoms with E-state index in [9.17, 15) is 0 Å². The van der Waals surface area contributed by atoms with E-state index < -0.39 is 0 Å². The minimum Gasteiger partial charge on any atom is -0.494 e. The van der Waals surface area contributed by atoms with Crippen LogP contribution in [0.15, 0.2) is 30.3 Å². The lowest BCUT2D eigenvalue weighted by Crippen LogP contribution is -2.37. The van der Waals surface area contributed by atoms with E-state index >= 15 is 0 Å². The van der Waals surface area contributed by atoms with E-state index in [2.05, 4.69) is 31.4 Å². The van der Waals surface area contributed by atoms with E-state index in [1.807, 2.05) is 30.3 Å². The van der Waals surface area contributed by atoms with Crippen molar-refractivity contribution >= 4 is 0 Å². The zero-order valence-electron chi connectivity index (χ0n) is 12.5. The highest BCUT2D eigenvalue weighted by Gasteiger charge is 2.06. The van der Waals surface area contributed by atoms with Gasteiger partial charge in [-0.2, -0.15) is 0 Å². The molecule has 1 aromatic carbocycles. The summed E-state index contributed by atoms with van der Waals surface area (Å²) in [6, 6.07) is 9.98. The molecule has 0 aromatic heterocycles. The van der Waals surface area contributed by atoms with Crippen LogP contribution < -0.4 is 15.4 Å². The van der Waals surface area contributed by atoms with Crippen LogP contribution in [0.4, 0.5) is 0 Å². The Hall–Kier alpha value is -1.06. The number of benzene rings is 1. The molecule has 1 rings (SSSR count). The first-order valence-electron chi connectivity index (χ1n) is 7.21. The second-order valence-corrected chi connectivity index (χ2v) is 5.80. The smallest absolute Gasteiger partial charge is 0.119 e. The monoisotopic (exact) mass is 264 g/mol. The largest absolute Gasteiger partial charge is 0.494 e. The molecule has 0 spiro atoms. The maximum Gasteiger partial charge on any atom is 0.119 e. The molecule has 0 radical (unpaired) electrons. The van der Waals surface area contributed by atoms with E-state index in [0.29, 0.717) is 0 Å². The number of para-hydroxylation sites is 1. The number of ether oxygens (including phenoxy) is 1. The van der Waals surface area contributed by atoms with Gasteiger partial charge in [0.25, 0.3) is 0 Å². The molecule has 0 aliphatic carbocycles. The fourth-order valence-corrected chi connectivity index (χ4v) is 1.71. The lowest BCUT2D eigenvalue weighted by Gasteiger charge is -2.20. The number of rotatable bonds is 9. The molecular weight excluding hydrogens is 236 g/mol. The molecule has 19 heavy (non-hydrogen) atoms. The van der Waals surface area contributed by atoms with Gasteiger partial charge in [-0.05, 0) is 65.4 Å². The summed E-state index contributed by atoms with van der Waals surface area (Å²) < 4.78 is 5.63. The van der Waals surface area contributed by atoms with Gasteiger partial charge in [-0.15, -0.1) is 0 Å². The van der Waals surface area contributed by atoms with Crippen LogP contribution in [0.25, 0.3) is 0 Å². The maximum absolute atomic E-state index is 5.63. The topological polar surface area (TPSA) is 33.3 Å². The summed E-state index contributed by atoms with van der Waals surface area (Å²) in [6.45, 7) is 10.5. The highest BCUT2D eigenvalue weighted by Crippen LogP contribution is 2.07. The van der Waals surface area contributed by atoms with Crippen LogP contribution in [0, 0.1) is 0 Å². The molecule has 3 heteroatoms. The second-order valence-electron chi connectivity index (χ2n) is 5.80. The second kappa shape index (κ2) is 8.94. The van der Waals surface area contributed by atoms with Gasteiger partial charge < -0.3 is 15.4 Å². The molecule has 0 amide bonds. The Bertz CT molecular complexity index is 319. The molecule has 0 saturated heterocycles. The van der Waals surface area contributed by atoms with Crippen molar-refractivity contribution in [2.45, 2.75) is 39.2 Å². The fraction of sp³-hybridized carbons (Fsp3) is 0.625. The highest BCUT2D eigenvalue weighted by molar-refractivity contribution is 5.20. The lowest BCUT2D eigenvalue weighted by atomic mass is 10.1. The van der Waals surface area contributed by atoms with Crippen molar-refractivity contribution in [3.8, 4) is 5.75 Å². The Labute approximate surface area is 117 Å². The van der Waals surface area contributed by atoms with Gasteiger partial charge in [0.15, 0.2) is 0 Å². The van der Waals surface area contributed by atoms with Gasteiger partial charge in [-0.3, -0.25) is 0 Å². The summed E-state index contributed by atoms with van der Waals surface area (Å²) in [5.41, 5.74) is 0.226. The van der Waals surface area contributed by atoms with E-state index in [4.69, 9.17) is 4.74 Å². The first-order chi connectivity index (χ1) is 9.08. The fourth-order valence-electron chi connectivity index (χ4n) is 1.71. The predicted octanol–water partition coefficient (Wildman–Crippen LogP) is 2.82. The van der Waals surface area contributed by atoms with Crippen LogP contribution >= 0.6 is 0 Å². The third-order valence-corrected chi connectivity index (χ3v) is 2.70. The van der Waals surface area contributed by atoms with Crippen molar-refractivity contribution < 1.29 is 4.74 Å².